The fourth-order valence-corrected chi connectivity index (χ4v) is 8.04. The molecule has 10 heteroatoms. The number of ether oxygens (including phenoxy) is 1. The molecule has 4 aliphatic rings. The molecule has 4 aromatic rings. The molecule has 3 aromatic carbocycles. The molecule has 1 saturated carbocycles. The maximum Gasteiger partial charge on any atom is 0.260 e. The molecule has 8 rings (SSSR count). The lowest BCUT2D eigenvalue weighted by molar-refractivity contribution is 0.0193. The second kappa shape index (κ2) is 14.8. The van der Waals surface area contributed by atoms with E-state index in [1.165, 1.54) is 11.1 Å². The summed E-state index contributed by atoms with van der Waals surface area (Å²) < 4.78 is 7.87. The van der Waals surface area contributed by atoms with Crippen LogP contribution < -0.4 is 4.90 Å². The lowest BCUT2D eigenvalue weighted by Crippen LogP contribution is -2.52. The molecule has 8 nitrogen and oxygen atoms in total. The number of nitrogens with zero attached hydrogens (tertiary/aromatic N) is 4. The predicted molar refractivity (Wildman–Crippen MR) is 199 cm³/mol. The number of phenols is 1. The van der Waals surface area contributed by atoms with E-state index in [0.717, 1.165) is 87.3 Å². The highest BCUT2D eigenvalue weighted by atomic mass is 35.5. The smallest absolute Gasteiger partial charge is 0.260 e. The van der Waals surface area contributed by atoms with Gasteiger partial charge in [0.1, 0.15) is 5.75 Å². The van der Waals surface area contributed by atoms with Gasteiger partial charge in [-0.2, -0.15) is 0 Å². The fraction of sp³-hybridized carbons (Fsp3) is 0.400. The van der Waals surface area contributed by atoms with Crippen LogP contribution in [-0.4, -0.2) is 76.7 Å². The van der Waals surface area contributed by atoms with Crippen LogP contribution in [0.2, 0.25) is 5.02 Å². The van der Waals surface area contributed by atoms with Crippen LogP contribution in [0.3, 0.4) is 0 Å². The summed E-state index contributed by atoms with van der Waals surface area (Å²) in [5.41, 5.74) is 7.19. The van der Waals surface area contributed by atoms with Crippen molar-refractivity contribution in [3.05, 3.63) is 106 Å². The van der Waals surface area contributed by atoms with Gasteiger partial charge in [0.05, 0.1) is 18.8 Å². The molecular weight excluding hydrogens is 671 g/mol. The molecule has 0 bridgehead atoms. The summed E-state index contributed by atoms with van der Waals surface area (Å²) in [7, 11) is 0. The molecule has 0 spiro atoms. The Kier molecular flexibility index (Phi) is 10.3. The van der Waals surface area contributed by atoms with Crippen LogP contribution in [0.1, 0.15) is 63.2 Å². The van der Waals surface area contributed by atoms with Gasteiger partial charge in [0, 0.05) is 78.5 Å². The fourth-order valence-electron chi connectivity index (χ4n) is 7.87. The van der Waals surface area contributed by atoms with Crippen LogP contribution in [0, 0.1) is 5.92 Å². The lowest BCUT2D eigenvalue weighted by Gasteiger charge is -2.40. The average Bonchev–Trinajstić information content (AvgIpc) is 3.88. The number of amides is 2. The van der Waals surface area contributed by atoms with Crippen LogP contribution in [0.4, 0.5) is 5.69 Å². The number of morpholine rings is 1. The average molecular weight is 716 g/mol. The van der Waals surface area contributed by atoms with E-state index in [1.807, 2.05) is 47.4 Å². The first-order chi connectivity index (χ1) is 23.9. The Balaban J connectivity index is 0.00000392. The predicted octanol–water partition coefficient (Wildman–Crippen LogP) is 7.23. The second-order valence-electron chi connectivity index (χ2n) is 14.0. The van der Waals surface area contributed by atoms with Gasteiger partial charge in [-0.1, -0.05) is 35.9 Å². The van der Waals surface area contributed by atoms with E-state index >= 15 is 0 Å². The van der Waals surface area contributed by atoms with Gasteiger partial charge in [0.2, 0.25) is 0 Å². The van der Waals surface area contributed by atoms with Crippen molar-refractivity contribution in [3.8, 4) is 17.0 Å². The first-order valence-corrected chi connectivity index (χ1v) is 18.1. The Labute approximate surface area is 305 Å². The molecule has 1 atom stereocenters. The minimum absolute atomic E-state index is 0. The quantitative estimate of drug-likeness (QED) is 0.209. The Morgan fingerprint density at radius 2 is 1.66 bits per heavy atom. The highest BCUT2D eigenvalue weighted by molar-refractivity contribution is 6.31. The number of aromatic nitrogens is 1. The Morgan fingerprint density at radius 1 is 0.900 bits per heavy atom. The maximum atomic E-state index is 14.9. The van der Waals surface area contributed by atoms with Gasteiger partial charge >= 0.3 is 0 Å². The van der Waals surface area contributed by atoms with Gasteiger partial charge in [0.15, 0.2) is 0 Å². The zero-order valence-corrected chi connectivity index (χ0v) is 29.8. The summed E-state index contributed by atoms with van der Waals surface area (Å²) in [6.45, 7) is 5.91. The molecule has 50 heavy (non-hydrogen) atoms. The van der Waals surface area contributed by atoms with Crippen molar-refractivity contribution in [1.82, 2.24) is 14.4 Å². The lowest BCUT2D eigenvalue weighted by atomic mass is 9.92. The van der Waals surface area contributed by atoms with E-state index in [0.29, 0.717) is 48.4 Å². The number of rotatable bonds is 8. The first kappa shape index (κ1) is 34.6. The van der Waals surface area contributed by atoms with Gasteiger partial charge in [-0.05, 0) is 104 Å². The van der Waals surface area contributed by atoms with Gasteiger partial charge in [0.25, 0.3) is 11.8 Å². The number of fused-ring (bicyclic) bond motifs is 2. The van der Waals surface area contributed by atoms with Crippen molar-refractivity contribution in [2.24, 2.45) is 5.92 Å². The molecule has 262 valence electrons. The van der Waals surface area contributed by atoms with Crippen molar-refractivity contribution in [1.29, 1.82) is 0 Å². The molecule has 1 N–H and O–H groups in total. The molecule has 3 aliphatic heterocycles. The summed E-state index contributed by atoms with van der Waals surface area (Å²) >= 11 is 6.69. The summed E-state index contributed by atoms with van der Waals surface area (Å²) in [4.78, 5) is 35.7. The van der Waals surface area contributed by atoms with Crippen molar-refractivity contribution in [2.75, 3.05) is 44.3 Å². The summed E-state index contributed by atoms with van der Waals surface area (Å²) in [5, 5.41) is 10.5. The number of aromatic hydroxyl groups is 1. The SMILES string of the molecule is Cl.O=C(c1cc(-c2cc(Cl)ccc2C(=O)N2Cc3ccccc3C[C@H]2CN2CCOCC2)n2c1CCCC2)N(CC1CC1)c1ccc(O)cc1. The second-order valence-corrected chi connectivity index (χ2v) is 14.5. The van der Waals surface area contributed by atoms with Crippen LogP contribution in [-0.2, 0) is 30.7 Å². The minimum Gasteiger partial charge on any atom is -0.508 e. The highest BCUT2D eigenvalue weighted by Crippen LogP contribution is 2.38. The van der Waals surface area contributed by atoms with Gasteiger partial charge in [-0.3, -0.25) is 14.5 Å². The zero-order chi connectivity index (χ0) is 33.5. The molecule has 1 saturated heterocycles. The third kappa shape index (κ3) is 7.04. The number of phenolic OH excluding ortho intramolecular Hbond substituents is 1. The van der Waals surface area contributed by atoms with Crippen LogP contribution >= 0.6 is 24.0 Å². The number of hydrogen-bond donors (Lipinski definition) is 1. The maximum absolute atomic E-state index is 14.9. The van der Waals surface area contributed by atoms with Crippen LogP contribution in [0.15, 0.2) is 72.8 Å². The Morgan fingerprint density at radius 3 is 2.42 bits per heavy atom. The van der Waals surface area contributed by atoms with E-state index in [9.17, 15) is 14.7 Å². The molecule has 2 fully saturated rings. The van der Waals surface area contributed by atoms with Crippen molar-refractivity contribution in [3.63, 3.8) is 0 Å². The number of carbonyl (C=O) groups excluding carboxylic acids is 2. The van der Waals surface area contributed by atoms with E-state index in [4.69, 9.17) is 16.3 Å². The summed E-state index contributed by atoms with van der Waals surface area (Å²) in [5.74, 6) is 0.599. The monoisotopic (exact) mass is 714 g/mol. The summed E-state index contributed by atoms with van der Waals surface area (Å²) in [6.07, 6.45) is 5.83. The standard InChI is InChI=1S/C40H43ClN4O4.ClH/c41-30-10-15-34(39(47)45-25-29-6-2-1-5-28(29)21-32(45)26-42-17-19-49-20-18-42)35(22-30)38-23-36(37-7-3-4-16-43(37)38)40(48)44(24-27-8-9-27)31-11-13-33(46)14-12-31;/h1-2,5-6,10-15,22-23,27,32,46H,3-4,7-9,16-21,24-26H2;1H/t32-;/m0./s1. The number of anilines is 1. The van der Waals surface area contributed by atoms with E-state index in [2.05, 4.69) is 32.6 Å². The van der Waals surface area contributed by atoms with Gasteiger partial charge in [-0.25, -0.2) is 0 Å². The van der Waals surface area contributed by atoms with Crippen molar-refractivity contribution in [2.45, 2.75) is 57.7 Å². The molecule has 1 aliphatic carbocycles. The van der Waals surface area contributed by atoms with Crippen molar-refractivity contribution >= 4 is 41.5 Å². The normalized spacial score (nSPS) is 18.9. The van der Waals surface area contributed by atoms with Crippen LogP contribution in [0.5, 0.6) is 5.75 Å². The third-order valence-corrected chi connectivity index (χ3v) is 10.9. The molecular formula is C40H44Cl2N4O4. The molecule has 0 unspecified atom stereocenters. The molecule has 1 aromatic heterocycles. The molecule has 2 amide bonds. The van der Waals surface area contributed by atoms with Gasteiger partial charge < -0.3 is 24.2 Å². The topological polar surface area (TPSA) is 78.3 Å². The Bertz CT molecular complexity index is 1870. The first-order valence-electron chi connectivity index (χ1n) is 17.7. The number of carbonyl (C=O) groups is 2. The number of hydrogen-bond acceptors (Lipinski definition) is 5. The highest BCUT2D eigenvalue weighted by Gasteiger charge is 2.35. The zero-order valence-electron chi connectivity index (χ0n) is 28.2. The van der Waals surface area contributed by atoms with E-state index < -0.39 is 0 Å². The largest absolute Gasteiger partial charge is 0.508 e. The Hall–Kier alpha value is -3.82. The van der Waals surface area contributed by atoms with E-state index in [-0.39, 0.29) is 36.0 Å². The summed E-state index contributed by atoms with van der Waals surface area (Å²) in [6, 6.07) is 23.0. The molecule has 0 radical (unpaired) electrons. The molecule has 4 heterocycles. The number of benzene rings is 3. The third-order valence-electron chi connectivity index (χ3n) is 10.7. The van der Waals surface area contributed by atoms with Crippen LogP contribution in [0.25, 0.3) is 11.3 Å². The van der Waals surface area contributed by atoms with Crippen molar-refractivity contribution < 1.29 is 19.4 Å². The number of halogens is 2. The van der Waals surface area contributed by atoms with E-state index in [1.54, 1.807) is 12.1 Å². The van der Waals surface area contributed by atoms with Gasteiger partial charge in [-0.15, -0.1) is 12.4 Å². The minimum atomic E-state index is -0.0393.